The Kier molecular flexibility index (Phi) is 4.28. The molecule has 0 unspecified atom stereocenters. The molecule has 5 nitrogen and oxygen atoms in total. The maximum Gasteiger partial charge on any atom is 0.254 e. The molecule has 1 heterocycles. The zero-order chi connectivity index (χ0) is 11.4. The van der Waals surface area contributed by atoms with Crippen molar-refractivity contribution >= 4 is 27.7 Å². The van der Waals surface area contributed by atoms with E-state index in [1.807, 2.05) is 6.92 Å². The zero-order valence-electron chi connectivity index (χ0n) is 8.93. The molecule has 84 valence electrons. The Balaban J connectivity index is 2.72. The molecular weight excluding hydrogens is 262 g/mol. The van der Waals surface area contributed by atoms with Crippen molar-refractivity contribution in [3.8, 4) is 0 Å². The number of nitrogens with zero attached hydrogens (tertiary/aromatic N) is 1. The Hall–Kier alpha value is -0.880. The SMILES string of the molecule is CCc1[nH]nc(NC(=O)[C@H](C)OC)c1Br. The highest BCUT2D eigenvalue weighted by Crippen LogP contribution is 2.23. The number of hydrogen-bond acceptors (Lipinski definition) is 3. The number of carbonyl (C=O) groups excluding carboxylic acids is 1. The molecule has 0 spiro atoms. The van der Waals surface area contributed by atoms with Gasteiger partial charge < -0.3 is 10.1 Å². The van der Waals surface area contributed by atoms with Crippen LogP contribution in [0.5, 0.6) is 0 Å². The van der Waals surface area contributed by atoms with E-state index in [1.54, 1.807) is 6.92 Å². The van der Waals surface area contributed by atoms with Crippen molar-refractivity contribution < 1.29 is 9.53 Å². The highest BCUT2D eigenvalue weighted by Gasteiger charge is 2.16. The molecule has 1 rings (SSSR count). The Morgan fingerprint density at radius 3 is 2.87 bits per heavy atom. The van der Waals surface area contributed by atoms with E-state index in [4.69, 9.17) is 4.74 Å². The van der Waals surface area contributed by atoms with Crippen LogP contribution in [-0.2, 0) is 16.0 Å². The van der Waals surface area contributed by atoms with Crippen molar-refractivity contribution in [1.29, 1.82) is 0 Å². The lowest BCUT2D eigenvalue weighted by molar-refractivity contribution is -0.124. The fourth-order valence-corrected chi connectivity index (χ4v) is 1.56. The molecule has 0 aromatic carbocycles. The van der Waals surface area contributed by atoms with Crippen LogP contribution in [0.3, 0.4) is 0 Å². The molecular formula is C9H14BrN3O2. The number of methoxy groups -OCH3 is 1. The van der Waals surface area contributed by atoms with Crippen LogP contribution in [0.15, 0.2) is 4.47 Å². The first-order chi connectivity index (χ1) is 7.10. The van der Waals surface area contributed by atoms with Crippen LogP contribution in [0.25, 0.3) is 0 Å². The number of ether oxygens (including phenoxy) is 1. The Bertz CT molecular complexity index is 351. The first kappa shape index (κ1) is 12.2. The standard InChI is InChI=1S/C9H14BrN3O2/c1-4-6-7(10)8(13-12-6)11-9(14)5(2)15-3/h5H,4H2,1-3H3,(H2,11,12,13,14)/t5-/m0/s1. The molecule has 0 radical (unpaired) electrons. The fourth-order valence-electron chi connectivity index (χ4n) is 1.01. The monoisotopic (exact) mass is 275 g/mol. The number of carbonyl (C=O) groups is 1. The van der Waals surface area contributed by atoms with Gasteiger partial charge in [0.15, 0.2) is 5.82 Å². The van der Waals surface area contributed by atoms with Gasteiger partial charge in [-0.3, -0.25) is 9.89 Å². The maximum absolute atomic E-state index is 11.5. The van der Waals surface area contributed by atoms with Crippen molar-refractivity contribution in [3.05, 3.63) is 10.2 Å². The number of aromatic nitrogens is 2. The molecule has 0 saturated heterocycles. The number of halogens is 1. The molecule has 1 aromatic heterocycles. The summed E-state index contributed by atoms with van der Waals surface area (Å²) in [6, 6.07) is 0. The van der Waals surface area contributed by atoms with Gasteiger partial charge in [0.25, 0.3) is 5.91 Å². The van der Waals surface area contributed by atoms with Gasteiger partial charge in [0.05, 0.1) is 10.2 Å². The molecule has 2 N–H and O–H groups in total. The summed E-state index contributed by atoms with van der Waals surface area (Å²) in [7, 11) is 1.49. The quantitative estimate of drug-likeness (QED) is 0.879. The normalized spacial score (nSPS) is 12.5. The van der Waals surface area contributed by atoms with Crippen molar-refractivity contribution in [2.75, 3.05) is 12.4 Å². The summed E-state index contributed by atoms with van der Waals surface area (Å²) in [5.74, 6) is 0.285. The summed E-state index contributed by atoms with van der Waals surface area (Å²) in [5, 5.41) is 9.48. The van der Waals surface area contributed by atoms with Gasteiger partial charge in [0.2, 0.25) is 0 Å². The number of aryl methyl sites for hydroxylation is 1. The summed E-state index contributed by atoms with van der Waals surface area (Å²) in [6.45, 7) is 3.68. The van der Waals surface area contributed by atoms with Crippen molar-refractivity contribution in [3.63, 3.8) is 0 Å². The summed E-state index contributed by atoms with van der Waals surface area (Å²) in [5.41, 5.74) is 0.954. The van der Waals surface area contributed by atoms with Crippen LogP contribution >= 0.6 is 15.9 Å². The lowest BCUT2D eigenvalue weighted by Crippen LogP contribution is -2.26. The molecule has 0 aliphatic carbocycles. The lowest BCUT2D eigenvalue weighted by Gasteiger charge is -2.08. The molecule has 1 atom stereocenters. The minimum Gasteiger partial charge on any atom is -0.372 e. The molecule has 0 fully saturated rings. The van der Waals surface area contributed by atoms with Crippen LogP contribution in [0.4, 0.5) is 5.82 Å². The third-order valence-electron chi connectivity index (χ3n) is 2.09. The summed E-state index contributed by atoms with van der Waals surface area (Å²) in [6.07, 6.45) is 0.335. The van der Waals surface area contributed by atoms with Crippen LogP contribution in [0, 0.1) is 0 Å². The maximum atomic E-state index is 11.5. The summed E-state index contributed by atoms with van der Waals surface area (Å²) >= 11 is 3.36. The third-order valence-corrected chi connectivity index (χ3v) is 2.95. The third kappa shape index (κ3) is 2.79. The van der Waals surface area contributed by atoms with Crippen LogP contribution in [-0.4, -0.2) is 29.3 Å². The highest BCUT2D eigenvalue weighted by molar-refractivity contribution is 9.10. The van der Waals surface area contributed by atoms with E-state index < -0.39 is 6.10 Å². The Labute approximate surface area is 96.7 Å². The van der Waals surface area contributed by atoms with Crippen molar-refractivity contribution in [2.45, 2.75) is 26.4 Å². The van der Waals surface area contributed by atoms with Gasteiger partial charge in [-0.15, -0.1) is 0 Å². The molecule has 0 aliphatic rings. The van der Waals surface area contributed by atoms with Gasteiger partial charge in [-0.05, 0) is 29.3 Å². The van der Waals surface area contributed by atoms with E-state index >= 15 is 0 Å². The topological polar surface area (TPSA) is 67.0 Å². The van der Waals surface area contributed by atoms with E-state index in [0.29, 0.717) is 5.82 Å². The first-order valence-corrected chi connectivity index (χ1v) is 5.45. The molecule has 1 aromatic rings. The predicted octanol–water partition coefficient (Wildman–Crippen LogP) is 1.71. The molecule has 0 saturated carbocycles. The van der Waals surface area contributed by atoms with E-state index in [2.05, 4.69) is 31.4 Å². The minimum absolute atomic E-state index is 0.215. The number of amides is 1. The van der Waals surface area contributed by atoms with Crippen LogP contribution in [0.1, 0.15) is 19.5 Å². The summed E-state index contributed by atoms with van der Waals surface area (Å²) < 4.78 is 5.69. The molecule has 0 bridgehead atoms. The predicted molar refractivity (Wildman–Crippen MR) is 60.8 cm³/mol. The molecule has 0 aliphatic heterocycles. The second-order valence-electron chi connectivity index (χ2n) is 3.09. The largest absolute Gasteiger partial charge is 0.372 e. The number of H-pyrrole nitrogens is 1. The molecule has 15 heavy (non-hydrogen) atoms. The van der Waals surface area contributed by atoms with Gasteiger partial charge in [0, 0.05) is 7.11 Å². The Morgan fingerprint density at radius 1 is 1.73 bits per heavy atom. The van der Waals surface area contributed by atoms with E-state index in [0.717, 1.165) is 16.6 Å². The second kappa shape index (κ2) is 5.27. The van der Waals surface area contributed by atoms with Gasteiger partial charge in [0.1, 0.15) is 6.10 Å². The smallest absolute Gasteiger partial charge is 0.254 e. The summed E-state index contributed by atoms with van der Waals surface area (Å²) in [4.78, 5) is 11.5. The molecule has 6 heteroatoms. The average Bonchev–Trinajstić information content (AvgIpc) is 2.58. The Morgan fingerprint density at radius 2 is 2.40 bits per heavy atom. The van der Waals surface area contributed by atoms with E-state index in [1.165, 1.54) is 7.11 Å². The number of anilines is 1. The molecule has 1 amide bonds. The highest BCUT2D eigenvalue weighted by atomic mass is 79.9. The second-order valence-corrected chi connectivity index (χ2v) is 3.88. The number of rotatable bonds is 4. The van der Waals surface area contributed by atoms with Gasteiger partial charge >= 0.3 is 0 Å². The zero-order valence-corrected chi connectivity index (χ0v) is 10.5. The number of hydrogen-bond donors (Lipinski definition) is 2. The van der Waals surface area contributed by atoms with Gasteiger partial charge in [-0.1, -0.05) is 6.92 Å². The fraction of sp³-hybridized carbons (Fsp3) is 0.556. The van der Waals surface area contributed by atoms with E-state index in [-0.39, 0.29) is 5.91 Å². The first-order valence-electron chi connectivity index (χ1n) is 4.66. The lowest BCUT2D eigenvalue weighted by atomic mass is 10.3. The number of aromatic amines is 1. The van der Waals surface area contributed by atoms with Crippen LogP contribution < -0.4 is 5.32 Å². The average molecular weight is 276 g/mol. The van der Waals surface area contributed by atoms with Crippen molar-refractivity contribution in [1.82, 2.24) is 10.2 Å². The number of nitrogens with one attached hydrogen (secondary N) is 2. The van der Waals surface area contributed by atoms with Crippen molar-refractivity contribution in [2.24, 2.45) is 0 Å². The van der Waals surface area contributed by atoms with Gasteiger partial charge in [-0.25, -0.2) is 0 Å². The van der Waals surface area contributed by atoms with Gasteiger partial charge in [-0.2, -0.15) is 5.10 Å². The van der Waals surface area contributed by atoms with Crippen LogP contribution in [0.2, 0.25) is 0 Å². The van der Waals surface area contributed by atoms with E-state index in [9.17, 15) is 4.79 Å². The minimum atomic E-state index is -0.487.